The van der Waals surface area contributed by atoms with E-state index in [1.165, 1.54) is 16.7 Å². The van der Waals surface area contributed by atoms with E-state index in [9.17, 15) is 0 Å². The lowest BCUT2D eigenvalue weighted by molar-refractivity contribution is 0.412. The predicted molar refractivity (Wildman–Crippen MR) is 87.2 cm³/mol. The Morgan fingerprint density at radius 3 is 2.55 bits per heavy atom. The number of methoxy groups -OCH3 is 1. The summed E-state index contributed by atoms with van der Waals surface area (Å²) in [6.07, 6.45) is 0.840. The molecule has 0 aliphatic heterocycles. The number of rotatable bonds is 4. The zero-order chi connectivity index (χ0) is 14.7. The van der Waals surface area contributed by atoms with Crippen LogP contribution in [0.3, 0.4) is 0 Å². The van der Waals surface area contributed by atoms with Crippen LogP contribution in [0.25, 0.3) is 0 Å². The van der Waals surface area contributed by atoms with Gasteiger partial charge in [0.2, 0.25) is 0 Å². The zero-order valence-electron chi connectivity index (χ0n) is 12.1. The van der Waals surface area contributed by atoms with Gasteiger partial charge >= 0.3 is 0 Å². The lowest BCUT2D eigenvalue weighted by Crippen LogP contribution is -2.14. The van der Waals surface area contributed by atoms with Gasteiger partial charge in [-0.05, 0) is 65.0 Å². The van der Waals surface area contributed by atoms with Gasteiger partial charge in [0, 0.05) is 6.04 Å². The third-order valence-electron chi connectivity index (χ3n) is 3.55. The van der Waals surface area contributed by atoms with Crippen molar-refractivity contribution in [2.45, 2.75) is 26.3 Å². The van der Waals surface area contributed by atoms with Gasteiger partial charge in [-0.3, -0.25) is 0 Å². The van der Waals surface area contributed by atoms with Gasteiger partial charge in [-0.25, -0.2) is 0 Å². The average Bonchev–Trinajstić information content (AvgIpc) is 2.42. The molecule has 0 aromatic heterocycles. The smallest absolute Gasteiger partial charge is 0.133 e. The second kappa shape index (κ2) is 6.42. The molecule has 0 amide bonds. The SMILES string of the molecule is COc1ccc(C(N)Cc2cc(C)ccc2C)cc1Br. The summed E-state index contributed by atoms with van der Waals surface area (Å²) in [6.45, 7) is 4.24. The number of aryl methyl sites for hydroxylation is 2. The van der Waals surface area contributed by atoms with Crippen LogP contribution < -0.4 is 10.5 Å². The molecule has 0 saturated carbocycles. The van der Waals surface area contributed by atoms with Gasteiger partial charge in [-0.1, -0.05) is 29.8 Å². The van der Waals surface area contributed by atoms with Crippen LogP contribution in [0.15, 0.2) is 40.9 Å². The molecule has 2 nitrogen and oxygen atoms in total. The van der Waals surface area contributed by atoms with Gasteiger partial charge in [0.1, 0.15) is 5.75 Å². The van der Waals surface area contributed by atoms with Crippen LogP contribution >= 0.6 is 15.9 Å². The van der Waals surface area contributed by atoms with Crippen molar-refractivity contribution in [3.05, 3.63) is 63.1 Å². The monoisotopic (exact) mass is 333 g/mol. The molecule has 0 spiro atoms. The minimum atomic E-state index is -0.0160. The minimum absolute atomic E-state index is 0.0160. The fourth-order valence-corrected chi connectivity index (χ4v) is 2.85. The first-order valence-corrected chi connectivity index (χ1v) is 7.45. The molecule has 2 rings (SSSR count). The molecular formula is C17H20BrNO. The lowest BCUT2D eigenvalue weighted by Gasteiger charge is -2.16. The normalized spacial score (nSPS) is 12.2. The number of hydrogen-bond acceptors (Lipinski definition) is 2. The second-order valence-corrected chi connectivity index (χ2v) is 5.99. The number of ether oxygens (including phenoxy) is 1. The highest BCUT2D eigenvalue weighted by Crippen LogP contribution is 2.29. The Balaban J connectivity index is 2.21. The summed E-state index contributed by atoms with van der Waals surface area (Å²) in [5, 5.41) is 0. The molecule has 2 aromatic carbocycles. The van der Waals surface area contributed by atoms with Crippen molar-refractivity contribution in [3.8, 4) is 5.75 Å². The maximum atomic E-state index is 6.34. The van der Waals surface area contributed by atoms with Crippen LogP contribution in [0.2, 0.25) is 0 Å². The molecule has 20 heavy (non-hydrogen) atoms. The van der Waals surface area contributed by atoms with Crippen LogP contribution in [0.1, 0.15) is 28.3 Å². The third-order valence-corrected chi connectivity index (χ3v) is 4.17. The Morgan fingerprint density at radius 2 is 1.90 bits per heavy atom. The van der Waals surface area contributed by atoms with E-state index in [0.717, 1.165) is 22.2 Å². The fraction of sp³-hybridized carbons (Fsp3) is 0.294. The maximum Gasteiger partial charge on any atom is 0.133 e. The van der Waals surface area contributed by atoms with Gasteiger partial charge in [0.15, 0.2) is 0 Å². The van der Waals surface area contributed by atoms with E-state index >= 15 is 0 Å². The summed E-state index contributed by atoms with van der Waals surface area (Å²) in [6, 6.07) is 12.5. The molecule has 1 unspecified atom stereocenters. The van der Waals surface area contributed by atoms with E-state index in [1.807, 2.05) is 18.2 Å². The minimum Gasteiger partial charge on any atom is -0.496 e. The summed E-state index contributed by atoms with van der Waals surface area (Å²) in [5.74, 6) is 0.827. The highest BCUT2D eigenvalue weighted by molar-refractivity contribution is 9.10. The molecule has 0 saturated heterocycles. The molecule has 0 bridgehead atoms. The highest BCUT2D eigenvalue weighted by atomic mass is 79.9. The molecule has 2 aromatic rings. The Kier molecular flexibility index (Phi) is 4.84. The Labute approximate surface area is 129 Å². The predicted octanol–water partition coefficient (Wildman–Crippen LogP) is 4.32. The largest absolute Gasteiger partial charge is 0.496 e. The van der Waals surface area contributed by atoms with Crippen molar-refractivity contribution in [1.29, 1.82) is 0 Å². The molecule has 2 N–H and O–H groups in total. The molecule has 106 valence electrons. The second-order valence-electron chi connectivity index (χ2n) is 5.13. The van der Waals surface area contributed by atoms with Crippen molar-refractivity contribution in [1.82, 2.24) is 0 Å². The molecule has 0 radical (unpaired) electrons. The van der Waals surface area contributed by atoms with E-state index in [2.05, 4.69) is 48.0 Å². The first kappa shape index (κ1) is 15.1. The third kappa shape index (κ3) is 3.41. The van der Waals surface area contributed by atoms with Crippen LogP contribution in [0, 0.1) is 13.8 Å². The lowest BCUT2D eigenvalue weighted by atomic mass is 9.95. The van der Waals surface area contributed by atoms with Crippen LogP contribution in [-0.2, 0) is 6.42 Å². The summed E-state index contributed by atoms with van der Waals surface area (Å²) < 4.78 is 6.18. The van der Waals surface area contributed by atoms with Crippen molar-refractivity contribution in [3.63, 3.8) is 0 Å². The first-order valence-electron chi connectivity index (χ1n) is 6.66. The fourth-order valence-electron chi connectivity index (χ4n) is 2.29. The number of nitrogens with two attached hydrogens (primary N) is 1. The molecule has 0 fully saturated rings. The number of hydrogen-bond donors (Lipinski definition) is 1. The van der Waals surface area contributed by atoms with E-state index in [0.29, 0.717) is 0 Å². The standard InChI is InChI=1S/C17H20BrNO/c1-11-4-5-12(2)14(8-11)10-16(19)13-6-7-17(20-3)15(18)9-13/h4-9,16H,10,19H2,1-3H3. The summed E-state index contributed by atoms with van der Waals surface area (Å²) in [4.78, 5) is 0. The maximum absolute atomic E-state index is 6.34. The number of halogens is 1. The zero-order valence-corrected chi connectivity index (χ0v) is 13.7. The summed E-state index contributed by atoms with van der Waals surface area (Å²) >= 11 is 3.51. The Morgan fingerprint density at radius 1 is 1.15 bits per heavy atom. The topological polar surface area (TPSA) is 35.2 Å². The van der Waals surface area contributed by atoms with Gasteiger partial charge < -0.3 is 10.5 Å². The van der Waals surface area contributed by atoms with Gasteiger partial charge in [0.05, 0.1) is 11.6 Å². The summed E-state index contributed by atoms with van der Waals surface area (Å²) in [5.41, 5.74) is 11.3. The van der Waals surface area contributed by atoms with E-state index in [1.54, 1.807) is 7.11 Å². The van der Waals surface area contributed by atoms with Crippen LogP contribution in [0.5, 0.6) is 5.75 Å². The van der Waals surface area contributed by atoms with Gasteiger partial charge in [-0.15, -0.1) is 0 Å². The van der Waals surface area contributed by atoms with Gasteiger partial charge in [-0.2, -0.15) is 0 Å². The molecule has 0 heterocycles. The van der Waals surface area contributed by atoms with E-state index in [4.69, 9.17) is 10.5 Å². The average molecular weight is 334 g/mol. The van der Waals surface area contributed by atoms with Crippen LogP contribution in [-0.4, -0.2) is 7.11 Å². The van der Waals surface area contributed by atoms with Crippen LogP contribution in [0.4, 0.5) is 0 Å². The molecule has 1 atom stereocenters. The van der Waals surface area contributed by atoms with E-state index in [-0.39, 0.29) is 6.04 Å². The van der Waals surface area contributed by atoms with E-state index < -0.39 is 0 Å². The molecule has 0 aliphatic rings. The molecule has 0 aliphatic carbocycles. The quantitative estimate of drug-likeness (QED) is 0.904. The van der Waals surface area contributed by atoms with Crippen molar-refractivity contribution in [2.75, 3.05) is 7.11 Å². The first-order chi connectivity index (χ1) is 9.51. The van der Waals surface area contributed by atoms with Gasteiger partial charge in [0.25, 0.3) is 0 Å². The highest BCUT2D eigenvalue weighted by Gasteiger charge is 2.11. The number of benzene rings is 2. The summed E-state index contributed by atoms with van der Waals surface area (Å²) in [7, 11) is 1.66. The van der Waals surface area contributed by atoms with Crippen molar-refractivity contribution in [2.24, 2.45) is 5.73 Å². The molecular weight excluding hydrogens is 314 g/mol. The Hall–Kier alpha value is -1.32. The van der Waals surface area contributed by atoms with Crippen molar-refractivity contribution >= 4 is 15.9 Å². The Bertz CT molecular complexity index is 610. The van der Waals surface area contributed by atoms with Crippen molar-refractivity contribution < 1.29 is 4.74 Å². The molecule has 3 heteroatoms.